The third kappa shape index (κ3) is 2.96. The van der Waals surface area contributed by atoms with Crippen LogP contribution in [-0.2, 0) is 4.74 Å². The molecule has 16 heavy (non-hydrogen) atoms. The maximum absolute atomic E-state index is 5.47. The number of hydrogen-bond acceptors (Lipinski definition) is 3. The Kier molecular flexibility index (Phi) is 4.62. The average Bonchev–Trinajstić information content (AvgIpc) is 2.67. The van der Waals surface area contributed by atoms with Gasteiger partial charge in [-0.05, 0) is 45.2 Å². The molecule has 1 N–H and O–H groups in total. The molecule has 0 aromatic heterocycles. The summed E-state index contributed by atoms with van der Waals surface area (Å²) in [4.78, 5) is 2.70. The first-order chi connectivity index (χ1) is 7.83. The van der Waals surface area contributed by atoms with Crippen LogP contribution in [0, 0.1) is 0 Å². The molecule has 0 aromatic carbocycles. The minimum absolute atomic E-state index is 0.515. The standard InChI is InChI=1S/C13H26N2O/c1-3-11-10-15(8-4-7-14-11)12-5-6-13(9-12)16-2/h11-14H,3-10H2,1-2H3. The van der Waals surface area contributed by atoms with Gasteiger partial charge < -0.3 is 10.1 Å². The van der Waals surface area contributed by atoms with Crippen LogP contribution in [0.15, 0.2) is 0 Å². The minimum atomic E-state index is 0.515. The Hall–Kier alpha value is -0.120. The minimum Gasteiger partial charge on any atom is -0.381 e. The topological polar surface area (TPSA) is 24.5 Å². The number of nitrogens with one attached hydrogen (secondary N) is 1. The predicted octanol–water partition coefficient (Wildman–Crippen LogP) is 1.63. The number of hydrogen-bond donors (Lipinski definition) is 1. The highest BCUT2D eigenvalue weighted by atomic mass is 16.5. The lowest BCUT2D eigenvalue weighted by Gasteiger charge is -2.29. The molecule has 0 radical (unpaired) electrons. The third-order valence-electron chi connectivity index (χ3n) is 4.21. The molecule has 2 aliphatic rings. The van der Waals surface area contributed by atoms with Gasteiger partial charge in [0.15, 0.2) is 0 Å². The first kappa shape index (κ1) is 12.3. The Morgan fingerprint density at radius 2 is 2.25 bits per heavy atom. The van der Waals surface area contributed by atoms with Gasteiger partial charge in [-0.15, -0.1) is 0 Å². The van der Waals surface area contributed by atoms with Crippen molar-refractivity contribution >= 4 is 0 Å². The van der Waals surface area contributed by atoms with Gasteiger partial charge >= 0.3 is 0 Å². The maximum atomic E-state index is 5.47. The Morgan fingerprint density at radius 3 is 2.94 bits per heavy atom. The molecule has 3 atom stereocenters. The largest absolute Gasteiger partial charge is 0.381 e. The molecule has 3 nitrogen and oxygen atoms in total. The van der Waals surface area contributed by atoms with Crippen molar-refractivity contribution in [2.24, 2.45) is 0 Å². The molecule has 0 aromatic rings. The van der Waals surface area contributed by atoms with E-state index >= 15 is 0 Å². The fraction of sp³-hybridized carbons (Fsp3) is 1.00. The lowest BCUT2D eigenvalue weighted by atomic mass is 10.1. The zero-order chi connectivity index (χ0) is 11.4. The molecule has 1 saturated carbocycles. The van der Waals surface area contributed by atoms with E-state index in [4.69, 9.17) is 4.74 Å². The summed E-state index contributed by atoms with van der Waals surface area (Å²) in [5.74, 6) is 0. The van der Waals surface area contributed by atoms with Gasteiger partial charge in [0, 0.05) is 25.7 Å². The van der Waals surface area contributed by atoms with Crippen molar-refractivity contribution in [3.63, 3.8) is 0 Å². The predicted molar refractivity (Wildman–Crippen MR) is 66.7 cm³/mol. The van der Waals surface area contributed by atoms with E-state index in [1.807, 2.05) is 7.11 Å². The highest BCUT2D eigenvalue weighted by molar-refractivity contribution is 4.87. The fourth-order valence-corrected chi connectivity index (χ4v) is 3.10. The fourth-order valence-electron chi connectivity index (χ4n) is 3.10. The van der Waals surface area contributed by atoms with E-state index in [1.54, 1.807) is 0 Å². The van der Waals surface area contributed by atoms with Gasteiger partial charge in [-0.3, -0.25) is 4.90 Å². The molecule has 3 unspecified atom stereocenters. The SMILES string of the molecule is CCC1CN(C2CCC(OC)C2)CCCN1. The summed E-state index contributed by atoms with van der Waals surface area (Å²) in [5, 5.41) is 3.64. The van der Waals surface area contributed by atoms with Crippen LogP contribution in [0.3, 0.4) is 0 Å². The van der Waals surface area contributed by atoms with Gasteiger partial charge in [-0.25, -0.2) is 0 Å². The molecule has 1 heterocycles. The Balaban J connectivity index is 1.87. The molecule has 0 bridgehead atoms. The van der Waals surface area contributed by atoms with Gasteiger partial charge in [0.1, 0.15) is 0 Å². The van der Waals surface area contributed by atoms with Gasteiger partial charge in [-0.2, -0.15) is 0 Å². The summed E-state index contributed by atoms with van der Waals surface area (Å²) in [7, 11) is 1.85. The molecule has 1 saturated heterocycles. The lowest BCUT2D eigenvalue weighted by molar-refractivity contribution is 0.0961. The molecule has 2 fully saturated rings. The van der Waals surface area contributed by atoms with E-state index in [9.17, 15) is 0 Å². The molecular formula is C13H26N2O. The van der Waals surface area contributed by atoms with Crippen LogP contribution in [0.4, 0.5) is 0 Å². The molecule has 1 aliphatic heterocycles. The van der Waals surface area contributed by atoms with Crippen molar-refractivity contribution in [3.8, 4) is 0 Å². The van der Waals surface area contributed by atoms with Gasteiger partial charge in [0.2, 0.25) is 0 Å². The van der Waals surface area contributed by atoms with Crippen molar-refractivity contribution in [1.82, 2.24) is 10.2 Å². The molecule has 94 valence electrons. The number of ether oxygens (including phenoxy) is 1. The highest BCUT2D eigenvalue weighted by Crippen LogP contribution is 2.27. The summed E-state index contributed by atoms with van der Waals surface area (Å²) in [6, 6.07) is 1.47. The first-order valence-electron chi connectivity index (χ1n) is 6.83. The quantitative estimate of drug-likeness (QED) is 0.791. The molecule has 1 aliphatic carbocycles. The van der Waals surface area contributed by atoms with E-state index in [1.165, 1.54) is 51.7 Å². The second kappa shape index (κ2) is 5.99. The van der Waals surface area contributed by atoms with Gasteiger partial charge in [-0.1, -0.05) is 6.92 Å². The number of methoxy groups -OCH3 is 1. The van der Waals surface area contributed by atoms with Crippen LogP contribution in [0.2, 0.25) is 0 Å². The Morgan fingerprint density at radius 1 is 1.38 bits per heavy atom. The zero-order valence-corrected chi connectivity index (χ0v) is 10.7. The summed E-state index contributed by atoms with van der Waals surface area (Å²) in [5.41, 5.74) is 0. The van der Waals surface area contributed by atoms with Crippen LogP contribution in [0.1, 0.15) is 39.0 Å². The summed E-state index contributed by atoms with van der Waals surface area (Å²) >= 11 is 0. The van der Waals surface area contributed by atoms with Crippen molar-refractivity contribution in [2.75, 3.05) is 26.7 Å². The van der Waals surface area contributed by atoms with E-state index < -0.39 is 0 Å². The van der Waals surface area contributed by atoms with Crippen molar-refractivity contribution < 1.29 is 4.74 Å². The molecule has 0 amide bonds. The van der Waals surface area contributed by atoms with Gasteiger partial charge in [0.05, 0.1) is 6.10 Å². The van der Waals surface area contributed by atoms with E-state index in [0.29, 0.717) is 12.1 Å². The highest BCUT2D eigenvalue weighted by Gasteiger charge is 2.30. The normalized spacial score (nSPS) is 37.5. The first-order valence-corrected chi connectivity index (χ1v) is 6.83. The molecular weight excluding hydrogens is 200 g/mol. The summed E-state index contributed by atoms with van der Waals surface area (Å²) in [6.07, 6.45) is 6.88. The van der Waals surface area contributed by atoms with E-state index in [-0.39, 0.29) is 0 Å². The monoisotopic (exact) mass is 226 g/mol. The Labute approximate surface area is 99.5 Å². The summed E-state index contributed by atoms with van der Waals surface area (Å²) < 4.78 is 5.47. The summed E-state index contributed by atoms with van der Waals surface area (Å²) in [6.45, 7) is 5.98. The van der Waals surface area contributed by atoms with E-state index in [0.717, 1.165) is 6.04 Å². The number of nitrogens with zero attached hydrogens (tertiary/aromatic N) is 1. The zero-order valence-electron chi connectivity index (χ0n) is 10.7. The van der Waals surface area contributed by atoms with Crippen LogP contribution in [-0.4, -0.2) is 49.8 Å². The van der Waals surface area contributed by atoms with Crippen LogP contribution in [0.25, 0.3) is 0 Å². The van der Waals surface area contributed by atoms with Crippen LogP contribution < -0.4 is 5.32 Å². The van der Waals surface area contributed by atoms with Crippen LogP contribution in [0.5, 0.6) is 0 Å². The maximum Gasteiger partial charge on any atom is 0.0586 e. The Bertz CT molecular complexity index is 210. The second-order valence-electron chi connectivity index (χ2n) is 5.23. The van der Waals surface area contributed by atoms with Crippen LogP contribution >= 0.6 is 0 Å². The molecule has 2 rings (SSSR count). The molecule has 0 spiro atoms. The van der Waals surface area contributed by atoms with Crippen molar-refractivity contribution in [1.29, 1.82) is 0 Å². The average molecular weight is 226 g/mol. The number of rotatable bonds is 3. The smallest absolute Gasteiger partial charge is 0.0586 e. The van der Waals surface area contributed by atoms with Gasteiger partial charge in [0.25, 0.3) is 0 Å². The van der Waals surface area contributed by atoms with Crippen molar-refractivity contribution in [3.05, 3.63) is 0 Å². The second-order valence-corrected chi connectivity index (χ2v) is 5.23. The third-order valence-corrected chi connectivity index (χ3v) is 4.21. The lowest BCUT2D eigenvalue weighted by Crippen LogP contribution is -2.41. The van der Waals surface area contributed by atoms with Crippen molar-refractivity contribution in [2.45, 2.75) is 57.2 Å². The molecule has 3 heteroatoms. The van der Waals surface area contributed by atoms with E-state index in [2.05, 4.69) is 17.1 Å².